The number of nitrogens with zero attached hydrogens (tertiary/aromatic N) is 1. The number of rotatable bonds is 1. The molecule has 84 valence electrons. The molecule has 1 aromatic rings. The summed E-state index contributed by atoms with van der Waals surface area (Å²) in [6.07, 6.45) is -1.66. The second kappa shape index (κ2) is 3.82. The Balaban J connectivity index is 2.41. The minimum absolute atomic E-state index is 0.274. The standard InChI is InChI=1S/C10H9NO5/c1-6(12)16-11-7-4-2-3-5-8(7)15-10(14)9(11)13/h2-5,10,14H,1H3. The van der Waals surface area contributed by atoms with Crippen molar-refractivity contribution in [3.05, 3.63) is 24.3 Å². The summed E-state index contributed by atoms with van der Waals surface area (Å²) in [6, 6.07) is 6.43. The number of hydroxylamine groups is 1. The molecule has 0 radical (unpaired) electrons. The lowest BCUT2D eigenvalue weighted by Gasteiger charge is -2.29. The van der Waals surface area contributed by atoms with E-state index in [0.717, 1.165) is 12.0 Å². The molecule has 1 heterocycles. The first-order valence-corrected chi connectivity index (χ1v) is 4.56. The van der Waals surface area contributed by atoms with Gasteiger partial charge in [-0.25, -0.2) is 4.79 Å². The summed E-state index contributed by atoms with van der Waals surface area (Å²) < 4.78 is 4.93. The van der Waals surface area contributed by atoms with Crippen LogP contribution >= 0.6 is 0 Å². The van der Waals surface area contributed by atoms with E-state index in [4.69, 9.17) is 9.57 Å². The number of fused-ring (bicyclic) bond motifs is 1. The average Bonchev–Trinajstić information content (AvgIpc) is 2.24. The molecule has 0 bridgehead atoms. The zero-order chi connectivity index (χ0) is 11.7. The highest BCUT2D eigenvalue weighted by Crippen LogP contribution is 2.33. The fraction of sp³-hybridized carbons (Fsp3) is 0.200. The van der Waals surface area contributed by atoms with Gasteiger partial charge in [-0.3, -0.25) is 4.79 Å². The lowest BCUT2D eigenvalue weighted by molar-refractivity contribution is -0.160. The van der Waals surface area contributed by atoms with Gasteiger partial charge in [-0.2, -0.15) is 0 Å². The van der Waals surface area contributed by atoms with Crippen molar-refractivity contribution in [1.29, 1.82) is 0 Å². The van der Waals surface area contributed by atoms with E-state index in [9.17, 15) is 14.7 Å². The zero-order valence-corrected chi connectivity index (χ0v) is 8.41. The number of carbonyl (C=O) groups is 2. The van der Waals surface area contributed by atoms with Crippen molar-refractivity contribution < 1.29 is 24.3 Å². The monoisotopic (exact) mass is 223 g/mol. The molecule has 1 amide bonds. The molecule has 1 aliphatic heterocycles. The van der Waals surface area contributed by atoms with E-state index in [2.05, 4.69) is 0 Å². The van der Waals surface area contributed by atoms with Gasteiger partial charge in [0.25, 0.3) is 6.29 Å². The molecular formula is C10H9NO5. The number of para-hydroxylation sites is 2. The number of benzene rings is 1. The van der Waals surface area contributed by atoms with Gasteiger partial charge in [-0.05, 0) is 12.1 Å². The summed E-state index contributed by atoms with van der Waals surface area (Å²) in [5.74, 6) is -1.22. The van der Waals surface area contributed by atoms with E-state index in [1.807, 2.05) is 0 Å². The number of hydrogen-bond donors (Lipinski definition) is 1. The van der Waals surface area contributed by atoms with Crippen LogP contribution in [0, 0.1) is 0 Å². The summed E-state index contributed by atoms with van der Waals surface area (Å²) in [7, 11) is 0. The van der Waals surface area contributed by atoms with Gasteiger partial charge in [0, 0.05) is 6.92 Å². The minimum Gasteiger partial charge on any atom is -0.453 e. The van der Waals surface area contributed by atoms with E-state index < -0.39 is 18.2 Å². The summed E-state index contributed by atoms with van der Waals surface area (Å²) in [5.41, 5.74) is 0.285. The van der Waals surface area contributed by atoms with E-state index in [-0.39, 0.29) is 11.4 Å². The lowest BCUT2D eigenvalue weighted by atomic mass is 10.2. The number of hydrogen-bond acceptors (Lipinski definition) is 5. The molecule has 0 saturated carbocycles. The third kappa shape index (κ3) is 1.70. The first kappa shape index (κ1) is 10.4. The molecule has 1 unspecified atom stereocenters. The summed E-state index contributed by atoms with van der Waals surface area (Å²) in [4.78, 5) is 27.0. The third-order valence-electron chi connectivity index (χ3n) is 1.95. The Morgan fingerprint density at radius 1 is 1.50 bits per heavy atom. The van der Waals surface area contributed by atoms with E-state index >= 15 is 0 Å². The first-order valence-electron chi connectivity index (χ1n) is 4.56. The predicted octanol–water partition coefficient (Wildman–Crippen LogP) is 0.208. The van der Waals surface area contributed by atoms with Gasteiger partial charge in [0.05, 0.1) is 0 Å². The van der Waals surface area contributed by atoms with Crippen LogP contribution in [-0.2, 0) is 14.4 Å². The molecular weight excluding hydrogens is 214 g/mol. The lowest BCUT2D eigenvalue weighted by Crippen LogP contribution is -2.46. The van der Waals surface area contributed by atoms with Gasteiger partial charge in [-0.15, -0.1) is 5.06 Å². The number of amides is 1. The SMILES string of the molecule is CC(=O)ON1C(=O)C(O)Oc2ccccc21. The Kier molecular flexibility index (Phi) is 2.49. The highest BCUT2D eigenvalue weighted by atomic mass is 16.7. The number of aliphatic hydroxyl groups is 1. The van der Waals surface area contributed by atoms with Crippen LogP contribution in [0.15, 0.2) is 24.3 Å². The van der Waals surface area contributed by atoms with Crippen LogP contribution in [0.2, 0.25) is 0 Å². The molecule has 0 aliphatic carbocycles. The van der Waals surface area contributed by atoms with Crippen molar-refractivity contribution in [2.45, 2.75) is 13.2 Å². The molecule has 6 heteroatoms. The van der Waals surface area contributed by atoms with E-state index in [0.29, 0.717) is 0 Å². The Labute approximate surface area is 90.9 Å². The van der Waals surface area contributed by atoms with Gasteiger partial charge in [0.1, 0.15) is 5.69 Å². The van der Waals surface area contributed by atoms with E-state index in [1.165, 1.54) is 0 Å². The van der Waals surface area contributed by atoms with Crippen LogP contribution in [-0.4, -0.2) is 23.3 Å². The number of carbonyl (C=O) groups excluding carboxylic acids is 2. The van der Waals surface area contributed by atoms with Gasteiger partial charge in [-0.1, -0.05) is 12.1 Å². The number of anilines is 1. The maximum absolute atomic E-state index is 11.5. The Morgan fingerprint density at radius 3 is 2.88 bits per heavy atom. The van der Waals surface area contributed by atoms with Crippen LogP contribution in [0.1, 0.15) is 6.92 Å². The van der Waals surface area contributed by atoms with Crippen molar-refractivity contribution in [2.75, 3.05) is 5.06 Å². The highest BCUT2D eigenvalue weighted by molar-refractivity contribution is 5.98. The zero-order valence-electron chi connectivity index (χ0n) is 8.41. The summed E-state index contributed by atoms with van der Waals surface area (Å²) in [5, 5.41) is 10.0. The smallest absolute Gasteiger partial charge is 0.330 e. The fourth-order valence-corrected chi connectivity index (χ4v) is 1.34. The Hall–Kier alpha value is -2.08. The first-order chi connectivity index (χ1) is 7.59. The quantitative estimate of drug-likeness (QED) is 0.736. The Bertz CT molecular complexity index is 445. The van der Waals surface area contributed by atoms with Gasteiger partial charge >= 0.3 is 11.9 Å². The molecule has 0 aromatic heterocycles. The van der Waals surface area contributed by atoms with Crippen molar-refractivity contribution in [3.63, 3.8) is 0 Å². The molecule has 1 N–H and O–H groups in total. The fourth-order valence-electron chi connectivity index (χ4n) is 1.34. The maximum Gasteiger partial charge on any atom is 0.330 e. The molecule has 6 nitrogen and oxygen atoms in total. The van der Waals surface area contributed by atoms with Crippen molar-refractivity contribution in [3.8, 4) is 5.75 Å². The molecule has 1 aromatic carbocycles. The van der Waals surface area contributed by atoms with Crippen molar-refractivity contribution in [1.82, 2.24) is 0 Å². The molecule has 0 spiro atoms. The number of aliphatic hydroxyl groups excluding tert-OH is 1. The van der Waals surface area contributed by atoms with Crippen LogP contribution in [0.3, 0.4) is 0 Å². The summed E-state index contributed by atoms with van der Waals surface area (Å²) in [6.45, 7) is 1.16. The van der Waals surface area contributed by atoms with E-state index in [1.54, 1.807) is 24.3 Å². The third-order valence-corrected chi connectivity index (χ3v) is 1.95. The molecule has 0 saturated heterocycles. The summed E-state index contributed by atoms with van der Waals surface area (Å²) >= 11 is 0. The largest absolute Gasteiger partial charge is 0.453 e. The van der Waals surface area contributed by atoms with Crippen molar-refractivity contribution in [2.24, 2.45) is 0 Å². The normalized spacial score (nSPS) is 18.8. The molecule has 1 atom stereocenters. The van der Waals surface area contributed by atoms with Crippen molar-refractivity contribution >= 4 is 17.6 Å². The second-order valence-corrected chi connectivity index (χ2v) is 3.15. The molecule has 2 rings (SSSR count). The van der Waals surface area contributed by atoms with Gasteiger partial charge in [0.2, 0.25) is 0 Å². The van der Waals surface area contributed by atoms with Crippen LogP contribution in [0.25, 0.3) is 0 Å². The predicted molar refractivity (Wildman–Crippen MR) is 52.3 cm³/mol. The molecule has 16 heavy (non-hydrogen) atoms. The number of ether oxygens (including phenoxy) is 1. The van der Waals surface area contributed by atoms with Gasteiger partial charge < -0.3 is 14.7 Å². The highest BCUT2D eigenvalue weighted by Gasteiger charge is 2.35. The minimum atomic E-state index is -1.66. The second-order valence-electron chi connectivity index (χ2n) is 3.15. The molecule has 1 aliphatic rings. The van der Waals surface area contributed by atoms with Crippen LogP contribution in [0.5, 0.6) is 5.75 Å². The van der Waals surface area contributed by atoms with Crippen LogP contribution < -0.4 is 9.80 Å². The molecule has 0 fully saturated rings. The average molecular weight is 223 g/mol. The van der Waals surface area contributed by atoms with Gasteiger partial charge in [0.15, 0.2) is 5.75 Å². The van der Waals surface area contributed by atoms with Crippen LogP contribution in [0.4, 0.5) is 5.69 Å². The maximum atomic E-state index is 11.5. The Morgan fingerprint density at radius 2 is 2.19 bits per heavy atom. The topological polar surface area (TPSA) is 76.1 Å².